The van der Waals surface area contributed by atoms with Crippen molar-refractivity contribution in [3.63, 3.8) is 0 Å². The minimum absolute atomic E-state index is 0.243. The van der Waals surface area contributed by atoms with Crippen molar-refractivity contribution in [1.29, 1.82) is 0 Å². The molecule has 0 unspecified atom stereocenters. The van der Waals surface area contributed by atoms with E-state index in [0.29, 0.717) is 22.2 Å². The van der Waals surface area contributed by atoms with Crippen LogP contribution in [0, 0.1) is 0 Å². The van der Waals surface area contributed by atoms with Crippen LogP contribution in [0.25, 0.3) is 10.2 Å². The minimum Gasteiger partial charge on any atom is -0.365 e. The lowest BCUT2D eigenvalue weighted by molar-refractivity contribution is 0.0999. The number of primary amides is 1. The van der Waals surface area contributed by atoms with E-state index in [0.717, 1.165) is 40.2 Å². The second-order valence-electron chi connectivity index (χ2n) is 6.88. The van der Waals surface area contributed by atoms with E-state index < -0.39 is 5.91 Å². The SMILES string of the molecule is CC(C)N1CCc2c(sc(NC(=O)c3ccc4ncsc4c3)c2C(N)=O)C1. The van der Waals surface area contributed by atoms with Crippen LogP contribution in [-0.4, -0.2) is 34.3 Å². The molecule has 0 radical (unpaired) electrons. The van der Waals surface area contributed by atoms with E-state index in [1.165, 1.54) is 22.7 Å². The number of amides is 2. The van der Waals surface area contributed by atoms with Gasteiger partial charge in [0.05, 0.1) is 21.3 Å². The predicted octanol–water partition coefficient (Wildman–Crippen LogP) is 3.48. The second-order valence-corrected chi connectivity index (χ2v) is 8.87. The van der Waals surface area contributed by atoms with Gasteiger partial charge in [0, 0.05) is 29.6 Å². The Morgan fingerprint density at radius 2 is 2.15 bits per heavy atom. The highest BCUT2D eigenvalue weighted by molar-refractivity contribution is 7.17. The van der Waals surface area contributed by atoms with Crippen molar-refractivity contribution < 1.29 is 9.59 Å². The normalized spacial score (nSPS) is 14.5. The molecule has 0 atom stereocenters. The average Bonchev–Trinajstić information content (AvgIpc) is 3.23. The summed E-state index contributed by atoms with van der Waals surface area (Å²) in [6, 6.07) is 5.83. The molecular formula is C19H20N4O2S2. The van der Waals surface area contributed by atoms with E-state index in [4.69, 9.17) is 5.73 Å². The summed E-state index contributed by atoms with van der Waals surface area (Å²) in [6.45, 7) is 5.98. The van der Waals surface area contributed by atoms with Crippen molar-refractivity contribution in [3.8, 4) is 0 Å². The first-order valence-electron chi connectivity index (χ1n) is 8.77. The Morgan fingerprint density at radius 1 is 1.33 bits per heavy atom. The molecule has 3 N–H and O–H groups in total. The number of thiophene rings is 1. The third-order valence-corrected chi connectivity index (χ3v) is 6.81. The Morgan fingerprint density at radius 3 is 2.89 bits per heavy atom. The van der Waals surface area contributed by atoms with E-state index >= 15 is 0 Å². The lowest BCUT2D eigenvalue weighted by atomic mass is 10.0. The third kappa shape index (κ3) is 3.36. The fraction of sp³-hybridized carbons (Fsp3) is 0.316. The number of benzene rings is 1. The van der Waals surface area contributed by atoms with E-state index in [1.54, 1.807) is 11.6 Å². The standard InChI is InChI=1S/C19H20N4O2S2/c1-10(2)23-6-5-12-15(8-23)27-19(16(12)17(20)24)22-18(25)11-3-4-13-14(7-11)26-9-21-13/h3-4,7,9-10H,5-6,8H2,1-2H3,(H2,20,24)(H,22,25). The highest BCUT2D eigenvalue weighted by atomic mass is 32.1. The summed E-state index contributed by atoms with van der Waals surface area (Å²) >= 11 is 2.95. The smallest absolute Gasteiger partial charge is 0.256 e. The Bertz CT molecular complexity index is 1040. The molecule has 1 aliphatic rings. The van der Waals surface area contributed by atoms with E-state index in [2.05, 4.69) is 29.0 Å². The average molecular weight is 401 g/mol. The summed E-state index contributed by atoms with van der Waals surface area (Å²) in [6.07, 6.45) is 0.769. The quantitative estimate of drug-likeness (QED) is 0.702. The number of fused-ring (bicyclic) bond motifs is 2. The first-order chi connectivity index (χ1) is 12.9. The summed E-state index contributed by atoms with van der Waals surface area (Å²) in [5.74, 6) is -0.731. The molecule has 8 heteroatoms. The maximum atomic E-state index is 12.8. The molecule has 0 saturated carbocycles. The Hall–Kier alpha value is -2.29. The summed E-state index contributed by atoms with van der Waals surface area (Å²) in [7, 11) is 0. The second kappa shape index (κ2) is 7.03. The van der Waals surface area contributed by atoms with Gasteiger partial charge in [0.2, 0.25) is 0 Å². The number of nitrogens with two attached hydrogens (primary N) is 1. The Labute approximate surface area is 165 Å². The van der Waals surface area contributed by atoms with Gasteiger partial charge in [-0.05, 0) is 44.0 Å². The summed E-state index contributed by atoms with van der Waals surface area (Å²) in [4.78, 5) is 32.5. The molecule has 0 spiro atoms. The van der Waals surface area contributed by atoms with Gasteiger partial charge in [0.15, 0.2) is 0 Å². The number of hydrogen-bond donors (Lipinski definition) is 2. The number of rotatable bonds is 4. The molecule has 0 aliphatic carbocycles. The van der Waals surface area contributed by atoms with Crippen LogP contribution in [0.4, 0.5) is 5.00 Å². The molecule has 6 nitrogen and oxygen atoms in total. The molecule has 0 saturated heterocycles. The lowest BCUT2D eigenvalue weighted by Crippen LogP contribution is -2.35. The molecule has 1 aliphatic heterocycles. The third-order valence-electron chi connectivity index (χ3n) is 4.88. The first kappa shape index (κ1) is 18.1. The van der Waals surface area contributed by atoms with Crippen LogP contribution < -0.4 is 11.1 Å². The number of hydrogen-bond acceptors (Lipinski definition) is 6. The van der Waals surface area contributed by atoms with Gasteiger partial charge in [-0.15, -0.1) is 22.7 Å². The lowest BCUT2D eigenvalue weighted by Gasteiger charge is -2.30. The van der Waals surface area contributed by atoms with Gasteiger partial charge in [-0.3, -0.25) is 14.5 Å². The van der Waals surface area contributed by atoms with Crippen molar-refractivity contribution >= 4 is 49.7 Å². The van der Waals surface area contributed by atoms with Crippen molar-refractivity contribution in [1.82, 2.24) is 9.88 Å². The van der Waals surface area contributed by atoms with Gasteiger partial charge in [0.25, 0.3) is 11.8 Å². The van der Waals surface area contributed by atoms with Crippen LogP contribution >= 0.6 is 22.7 Å². The molecule has 3 heterocycles. The maximum absolute atomic E-state index is 12.8. The van der Waals surface area contributed by atoms with Crippen LogP contribution in [0.3, 0.4) is 0 Å². The Balaban J connectivity index is 1.65. The number of nitrogens with one attached hydrogen (secondary N) is 1. The minimum atomic E-state index is -0.487. The molecule has 0 bridgehead atoms. The van der Waals surface area contributed by atoms with Crippen molar-refractivity contribution in [2.24, 2.45) is 5.73 Å². The van der Waals surface area contributed by atoms with Crippen LogP contribution in [0.5, 0.6) is 0 Å². The zero-order valence-electron chi connectivity index (χ0n) is 15.1. The van der Waals surface area contributed by atoms with Crippen LogP contribution in [0.2, 0.25) is 0 Å². The molecular weight excluding hydrogens is 380 g/mol. The summed E-state index contributed by atoms with van der Waals surface area (Å²) in [5, 5.41) is 3.46. The number of anilines is 1. The molecule has 1 aromatic carbocycles. The highest BCUT2D eigenvalue weighted by Gasteiger charge is 2.28. The summed E-state index contributed by atoms with van der Waals surface area (Å²) in [5.41, 5.74) is 10.3. The largest absolute Gasteiger partial charge is 0.365 e. The van der Waals surface area contributed by atoms with Gasteiger partial charge >= 0.3 is 0 Å². The number of aromatic nitrogens is 1. The first-order valence-corrected chi connectivity index (χ1v) is 10.5. The van der Waals surface area contributed by atoms with Gasteiger partial charge in [-0.2, -0.15) is 0 Å². The van der Waals surface area contributed by atoms with Gasteiger partial charge in [-0.25, -0.2) is 4.98 Å². The zero-order chi connectivity index (χ0) is 19.1. The Kier molecular flexibility index (Phi) is 4.71. The van der Waals surface area contributed by atoms with Crippen LogP contribution in [0.15, 0.2) is 23.7 Å². The highest BCUT2D eigenvalue weighted by Crippen LogP contribution is 2.37. The molecule has 3 aromatic rings. The van der Waals surface area contributed by atoms with Crippen molar-refractivity contribution in [3.05, 3.63) is 45.3 Å². The van der Waals surface area contributed by atoms with Crippen LogP contribution in [-0.2, 0) is 13.0 Å². The number of carbonyl (C=O) groups excluding carboxylic acids is 2. The molecule has 2 amide bonds. The van der Waals surface area contributed by atoms with Crippen molar-refractivity contribution in [2.75, 3.05) is 11.9 Å². The molecule has 27 heavy (non-hydrogen) atoms. The molecule has 140 valence electrons. The number of nitrogens with zero attached hydrogens (tertiary/aromatic N) is 2. The van der Waals surface area contributed by atoms with Gasteiger partial charge in [0.1, 0.15) is 5.00 Å². The fourth-order valence-electron chi connectivity index (χ4n) is 3.38. The van der Waals surface area contributed by atoms with E-state index in [9.17, 15) is 9.59 Å². The molecule has 0 fully saturated rings. The molecule has 2 aromatic heterocycles. The zero-order valence-corrected chi connectivity index (χ0v) is 16.7. The monoisotopic (exact) mass is 400 g/mol. The number of thiazole rings is 1. The van der Waals surface area contributed by atoms with Gasteiger partial charge in [-0.1, -0.05) is 0 Å². The summed E-state index contributed by atoms with van der Waals surface area (Å²) < 4.78 is 0.954. The molecule has 4 rings (SSSR count). The maximum Gasteiger partial charge on any atom is 0.256 e. The van der Waals surface area contributed by atoms with E-state index in [-0.39, 0.29) is 5.91 Å². The topological polar surface area (TPSA) is 88.3 Å². The van der Waals surface area contributed by atoms with E-state index in [1.807, 2.05) is 12.1 Å². The number of carbonyl (C=O) groups is 2. The van der Waals surface area contributed by atoms with Crippen LogP contribution in [0.1, 0.15) is 45.0 Å². The van der Waals surface area contributed by atoms with Gasteiger partial charge < -0.3 is 11.1 Å². The fourth-order valence-corrected chi connectivity index (χ4v) is 5.37. The predicted molar refractivity (Wildman–Crippen MR) is 110 cm³/mol. The van der Waals surface area contributed by atoms with Crippen molar-refractivity contribution in [2.45, 2.75) is 32.9 Å².